The highest BCUT2D eigenvalue weighted by atomic mass is 32.2. The SMILES string of the molecule is C[C@H]1S[C@H](c2cccc(F)c2)N(CCC(=O)N2CCOCC2)C1=O. The molecule has 7 heteroatoms. The van der Waals surface area contributed by atoms with E-state index < -0.39 is 0 Å². The second-order valence-corrected chi connectivity index (χ2v) is 7.39. The maximum atomic E-state index is 13.5. The van der Waals surface area contributed by atoms with Gasteiger partial charge in [-0.3, -0.25) is 9.59 Å². The molecule has 3 rings (SSSR count). The highest BCUT2D eigenvalue weighted by Crippen LogP contribution is 2.42. The Morgan fingerprint density at radius 1 is 1.38 bits per heavy atom. The predicted octanol–water partition coefficient (Wildman–Crippen LogP) is 2.04. The predicted molar refractivity (Wildman–Crippen MR) is 89.9 cm³/mol. The quantitative estimate of drug-likeness (QED) is 0.832. The van der Waals surface area contributed by atoms with E-state index in [0.29, 0.717) is 32.8 Å². The zero-order chi connectivity index (χ0) is 17.1. The summed E-state index contributed by atoms with van der Waals surface area (Å²) in [5.41, 5.74) is 0.761. The van der Waals surface area contributed by atoms with Gasteiger partial charge in [-0.15, -0.1) is 11.8 Å². The van der Waals surface area contributed by atoms with Crippen LogP contribution in [0.4, 0.5) is 4.39 Å². The van der Waals surface area contributed by atoms with Gasteiger partial charge in [-0.1, -0.05) is 12.1 Å². The Morgan fingerprint density at radius 3 is 2.83 bits per heavy atom. The Kier molecular flexibility index (Phi) is 5.40. The van der Waals surface area contributed by atoms with Crippen molar-refractivity contribution in [3.63, 3.8) is 0 Å². The first-order valence-corrected chi connectivity index (χ1v) is 9.07. The number of hydrogen-bond acceptors (Lipinski definition) is 4. The van der Waals surface area contributed by atoms with Crippen molar-refractivity contribution < 1.29 is 18.7 Å². The van der Waals surface area contributed by atoms with Crippen LogP contribution in [-0.4, -0.2) is 59.7 Å². The molecule has 130 valence electrons. The van der Waals surface area contributed by atoms with Crippen LogP contribution in [0.1, 0.15) is 24.3 Å². The fourth-order valence-electron chi connectivity index (χ4n) is 3.01. The Morgan fingerprint density at radius 2 is 2.12 bits per heavy atom. The molecule has 2 heterocycles. The first-order chi connectivity index (χ1) is 11.6. The number of rotatable bonds is 4. The van der Waals surface area contributed by atoms with Crippen molar-refractivity contribution >= 4 is 23.6 Å². The van der Waals surface area contributed by atoms with Crippen LogP contribution >= 0.6 is 11.8 Å². The van der Waals surface area contributed by atoms with Crippen molar-refractivity contribution in [2.75, 3.05) is 32.8 Å². The minimum atomic E-state index is -0.315. The molecule has 0 spiro atoms. The summed E-state index contributed by atoms with van der Waals surface area (Å²) in [6, 6.07) is 6.32. The van der Waals surface area contributed by atoms with Gasteiger partial charge in [-0.25, -0.2) is 4.39 Å². The number of carbonyl (C=O) groups excluding carboxylic acids is 2. The number of amides is 2. The van der Waals surface area contributed by atoms with E-state index in [-0.39, 0.29) is 34.7 Å². The average Bonchev–Trinajstić information content (AvgIpc) is 2.88. The summed E-state index contributed by atoms with van der Waals surface area (Å²) in [6.45, 7) is 4.54. The number of halogens is 1. The summed E-state index contributed by atoms with van der Waals surface area (Å²) in [6.07, 6.45) is 0.283. The topological polar surface area (TPSA) is 49.9 Å². The zero-order valence-electron chi connectivity index (χ0n) is 13.6. The number of thioether (sulfide) groups is 1. The minimum absolute atomic E-state index is 0.00374. The van der Waals surface area contributed by atoms with Crippen LogP contribution in [0.25, 0.3) is 0 Å². The van der Waals surface area contributed by atoms with Crippen molar-refractivity contribution in [2.24, 2.45) is 0 Å². The van der Waals surface area contributed by atoms with Gasteiger partial charge in [-0.05, 0) is 24.6 Å². The van der Waals surface area contributed by atoms with Crippen LogP contribution in [0.5, 0.6) is 0 Å². The highest BCUT2D eigenvalue weighted by molar-refractivity contribution is 8.01. The smallest absolute Gasteiger partial charge is 0.236 e. The fraction of sp³-hybridized carbons (Fsp3) is 0.529. The lowest BCUT2D eigenvalue weighted by Gasteiger charge is -2.29. The molecule has 24 heavy (non-hydrogen) atoms. The Hall–Kier alpha value is -1.60. The molecule has 0 aliphatic carbocycles. The molecule has 0 radical (unpaired) electrons. The van der Waals surface area contributed by atoms with Crippen molar-refractivity contribution in [3.05, 3.63) is 35.6 Å². The number of benzene rings is 1. The van der Waals surface area contributed by atoms with Gasteiger partial charge in [0.05, 0.1) is 18.5 Å². The molecule has 2 fully saturated rings. The monoisotopic (exact) mass is 352 g/mol. The number of nitrogens with zero attached hydrogens (tertiary/aromatic N) is 2. The van der Waals surface area contributed by atoms with E-state index in [1.54, 1.807) is 15.9 Å². The Balaban J connectivity index is 1.67. The third-order valence-corrected chi connectivity index (χ3v) is 5.71. The second kappa shape index (κ2) is 7.53. The molecule has 2 atom stereocenters. The second-order valence-electron chi connectivity index (χ2n) is 5.96. The first kappa shape index (κ1) is 17.2. The Bertz CT molecular complexity index is 622. The van der Waals surface area contributed by atoms with Crippen molar-refractivity contribution in [3.8, 4) is 0 Å². The molecule has 0 aromatic heterocycles. The third-order valence-electron chi connectivity index (χ3n) is 4.31. The summed E-state index contributed by atoms with van der Waals surface area (Å²) in [7, 11) is 0. The average molecular weight is 352 g/mol. The number of hydrogen-bond donors (Lipinski definition) is 0. The fourth-order valence-corrected chi connectivity index (χ4v) is 4.31. The molecule has 2 aliphatic heterocycles. The van der Waals surface area contributed by atoms with Gasteiger partial charge in [0.1, 0.15) is 11.2 Å². The van der Waals surface area contributed by atoms with Gasteiger partial charge in [0.2, 0.25) is 11.8 Å². The molecule has 0 bridgehead atoms. The molecule has 2 amide bonds. The highest BCUT2D eigenvalue weighted by Gasteiger charge is 2.38. The zero-order valence-corrected chi connectivity index (χ0v) is 14.4. The minimum Gasteiger partial charge on any atom is -0.378 e. The standard InChI is InChI=1S/C17H21FN2O3S/c1-12-16(22)20(6-5-15(21)19-7-9-23-10-8-19)17(24-12)13-3-2-4-14(18)11-13/h2-4,11-12,17H,5-10H2,1H3/t12-,17-/m1/s1. The lowest BCUT2D eigenvalue weighted by atomic mass is 10.2. The van der Waals surface area contributed by atoms with Crippen LogP contribution in [0.15, 0.2) is 24.3 Å². The lowest BCUT2D eigenvalue weighted by molar-refractivity contribution is -0.136. The lowest BCUT2D eigenvalue weighted by Crippen LogP contribution is -2.42. The summed E-state index contributed by atoms with van der Waals surface area (Å²) in [4.78, 5) is 28.2. The van der Waals surface area contributed by atoms with Gasteiger partial charge in [-0.2, -0.15) is 0 Å². The van der Waals surface area contributed by atoms with Crippen LogP contribution in [0.2, 0.25) is 0 Å². The molecule has 1 aromatic carbocycles. The van der Waals surface area contributed by atoms with Crippen molar-refractivity contribution in [1.82, 2.24) is 9.80 Å². The van der Waals surface area contributed by atoms with Gasteiger partial charge < -0.3 is 14.5 Å². The molecule has 0 unspecified atom stereocenters. The molecule has 2 aliphatic rings. The largest absolute Gasteiger partial charge is 0.378 e. The molecule has 0 saturated carbocycles. The molecule has 1 aromatic rings. The summed E-state index contributed by atoms with van der Waals surface area (Å²) < 4.78 is 18.8. The third kappa shape index (κ3) is 3.72. The molecular formula is C17H21FN2O3S. The number of carbonyl (C=O) groups is 2. The van der Waals surface area contributed by atoms with Gasteiger partial charge >= 0.3 is 0 Å². The van der Waals surface area contributed by atoms with E-state index in [9.17, 15) is 14.0 Å². The molecule has 0 N–H and O–H groups in total. The van der Waals surface area contributed by atoms with Gasteiger partial charge in [0.25, 0.3) is 0 Å². The van der Waals surface area contributed by atoms with Gasteiger partial charge in [0.15, 0.2) is 0 Å². The normalized spacial score (nSPS) is 24.5. The van der Waals surface area contributed by atoms with E-state index in [4.69, 9.17) is 4.74 Å². The van der Waals surface area contributed by atoms with Crippen LogP contribution < -0.4 is 0 Å². The maximum Gasteiger partial charge on any atom is 0.236 e. The first-order valence-electron chi connectivity index (χ1n) is 8.13. The maximum absolute atomic E-state index is 13.5. The molecule has 2 saturated heterocycles. The summed E-state index contributed by atoms with van der Waals surface area (Å²) >= 11 is 1.50. The van der Waals surface area contributed by atoms with Crippen molar-refractivity contribution in [2.45, 2.75) is 24.0 Å². The van der Waals surface area contributed by atoms with E-state index >= 15 is 0 Å². The van der Waals surface area contributed by atoms with Gasteiger partial charge in [0, 0.05) is 26.1 Å². The van der Waals surface area contributed by atoms with E-state index in [1.807, 2.05) is 13.0 Å². The van der Waals surface area contributed by atoms with Crippen LogP contribution in [0, 0.1) is 5.82 Å². The van der Waals surface area contributed by atoms with E-state index in [1.165, 1.54) is 23.9 Å². The van der Waals surface area contributed by atoms with Crippen LogP contribution in [-0.2, 0) is 14.3 Å². The van der Waals surface area contributed by atoms with E-state index in [2.05, 4.69) is 0 Å². The van der Waals surface area contributed by atoms with Crippen LogP contribution in [0.3, 0.4) is 0 Å². The molecular weight excluding hydrogens is 331 g/mol. The molecule has 5 nitrogen and oxygen atoms in total. The number of ether oxygens (including phenoxy) is 1. The summed E-state index contributed by atoms with van der Waals surface area (Å²) in [5, 5.41) is -0.419. The van der Waals surface area contributed by atoms with Crippen molar-refractivity contribution in [1.29, 1.82) is 0 Å². The Labute approximate surface area is 145 Å². The number of morpholine rings is 1. The summed E-state index contributed by atoms with van der Waals surface area (Å²) in [5.74, 6) is -0.276. The van der Waals surface area contributed by atoms with E-state index in [0.717, 1.165) is 5.56 Å².